The predicted molar refractivity (Wildman–Crippen MR) is 134 cm³/mol. The number of ether oxygens (including phenoxy) is 3. The molecule has 3 rings (SSSR count). The van der Waals surface area contributed by atoms with Gasteiger partial charge in [-0.2, -0.15) is 0 Å². The van der Waals surface area contributed by atoms with Gasteiger partial charge in [0.15, 0.2) is 17.5 Å². The molecule has 0 unspecified atom stereocenters. The van der Waals surface area contributed by atoms with Gasteiger partial charge in [-0.3, -0.25) is 0 Å². The lowest BCUT2D eigenvalue weighted by atomic mass is 10.3. The van der Waals surface area contributed by atoms with Gasteiger partial charge in [0.1, 0.15) is 5.75 Å². The number of nitrogens with zero attached hydrogens (tertiary/aromatic N) is 2. The van der Waals surface area contributed by atoms with E-state index in [9.17, 15) is 0 Å². The first-order valence-corrected chi connectivity index (χ1v) is 9.72. The van der Waals surface area contributed by atoms with Gasteiger partial charge in [-0.15, -0.1) is 24.0 Å². The number of hydrogen-bond donors (Lipinski definition) is 2. The number of benzene rings is 2. The van der Waals surface area contributed by atoms with E-state index in [1.165, 1.54) is 0 Å². The first kappa shape index (κ1) is 24.5. The van der Waals surface area contributed by atoms with Crippen LogP contribution in [0.15, 0.2) is 65.8 Å². The number of rotatable bonds is 8. The van der Waals surface area contributed by atoms with Crippen LogP contribution in [-0.4, -0.2) is 24.7 Å². The van der Waals surface area contributed by atoms with Gasteiger partial charge in [-0.1, -0.05) is 29.8 Å². The molecule has 0 aliphatic heterocycles. The van der Waals surface area contributed by atoms with Crippen LogP contribution < -0.4 is 25.3 Å². The summed E-state index contributed by atoms with van der Waals surface area (Å²) in [6, 6.07) is 16.4. The minimum absolute atomic E-state index is 0. The quantitative estimate of drug-likeness (QED) is 0.218. The summed E-state index contributed by atoms with van der Waals surface area (Å²) in [7, 11) is 1.56. The Morgan fingerprint density at radius 3 is 2.52 bits per heavy atom. The molecule has 2 aromatic carbocycles. The highest BCUT2D eigenvalue weighted by Crippen LogP contribution is 2.30. The van der Waals surface area contributed by atoms with Crippen LogP contribution >= 0.6 is 35.6 Å². The molecule has 0 aliphatic carbocycles. The van der Waals surface area contributed by atoms with Gasteiger partial charge in [0.25, 0.3) is 0 Å². The van der Waals surface area contributed by atoms with E-state index in [-0.39, 0.29) is 29.9 Å². The zero-order chi connectivity index (χ0) is 21.3. The van der Waals surface area contributed by atoms with Gasteiger partial charge in [0, 0.05) is 18.0 Å². The highest BCUT2D eigenvalue weighted by atomic mass is 127. The Morgan fingerprint density at radius 1 is 1.10 bits per heavy atom. The first-order valence-electron chi connectivity index (χ1n) is 9.34. The van der Waals surface area contributed by atoms with Crippen LogP contribution in [0, 0.1) is 0 Å². The standard InChI is InChI=1S/C22H23ClN4O3.HI/c1-3-29-19-6-4-5-7-20(19)30-21-11-8-15(13-25-21)14-26-22(24)27-16-9-10-18(28-2)17(23)12-16;/h4-13H,3,14H2,1-2H3,(H3,24,26,27);1H. The second-order valence-corrected chi connectivity index (χ2v) is 6.57. The molecule has 7 nitrogen and oxygen atoms in total. The summed E-state index contributed by atoms with van der Waals surface area (Å²) in [4.78, 5) is 8.65. The van der Waals surface area contributed by atoms with E-state index in [4.69, 9.17) is 31.5 Å². The Balaban J connectivity index is 0.00000341. The molecule has 0 saturated heterocycles. The van der Waals surface area contributed by atoms with Crippen molar-refractivity contribution < 1.29 is 14.2 Å². The molecular formula is C22H24ClIN4O3. The first-order chi connectivity index (χ1) is 14.6. The zero-order valence-electron chi connectivity index (χ0n) is 17.2. The number of pyridine rings is 1. The van der Waals surface area contributed by atoms with Crippen LogP contribution in [-0.2, 0) is 6.54 Å². The smallest absolute Gasteiger partial charge is 0.219 e. The van der Waals surface area contributed by atoms with E-state index >= 15 is 0 Å². The van der Waals surface area contributed by atoms with E-state index in [0.29, 0.717) is 41.3 Å². The van der Waals surface area contributed by atoms with Crippen molar-refractivity contribution in [2.24, 2.45) is 10.7 Å². The number of anilines is 1. The Kier molecular flexibility index (Phi) is 9.67. The lowest BCUT2D eigenvalue weighted by Gasteiger charge is -2.10. The molecule has 31 heavy (non-hydrogen) atoms. The topological polar surface area (TPSA) is 91.0 Å². The van der Waals surface area contributed by atoms with Crippen molar-refractivity contribution >= 4 is 47.2 Å². The van der Waals surface area contributed by atoms with Crippen LogP contribution in [0.5, 0.6) is 23.1 Å². The normalized spacial score (nSPS) is 10.7. The lowest BCUT2D eigenvalue weighted by Crippen LogP contribution is -2.22. The number of para-hydroxylation sites is 2. The number of halogens is 2. The third kappa shape index (κ3) is 7.18. The highest BCUT2D eigenvalue weighted by molar-refractivity contribution is 14.0. The van der Waals surface area contributed by atoms with Crippen LogP contribution in [0.1, 0.15) is 12.5 Å². The minimum atomic E-state index is 0. The fourth-order valence-electron chi connectivity index (χ4n) is 2.59. The lowest BCUT2D eigenvalue weighted by molar-refractivity contribution is 0.319. The SMILES string of the molecule is CCOc1ccccc1Oc1ccc(CN=C(N)Nc2ccc(OC)c(Cl)c2)cn1.I. The van der Waals surface area contributed by atoms with Crippen molar-refractivity contribution in [1.82, 2.24) is 4.98 Å². The average Bonchev–Trinajstić information content (AvgIpc) is 2.75. The van der Waals surface area contributed by atoms with Crippen molar-refractivity contribution in [3.05, 3.63) is 71.4 Å². The number of guanidine groups is 1. The van der Waals surface area contributed by atoms with Crippen molar-refractivity contribution in [3.63, 3.8) is 0 Å². The zero-order valence-corrected chi connectivity index (χ0v) is 20.3. The predicted octanol–water partition coefficient (Wildman–Crippen LogP) is 5.48. The minimum Gasteiger partial charge on any atom is -0.495 e. The molecule has 164 valence electrons. The third-order valence-corrected chi connectivity index (χ3v) is 4.31. The van der Waals surface area contributed by atoms with Gasteiger partial charge < -0.3 is 25.3 Å². The largest absolute Gasteiger partial charge is 0.495 e. The molecule has 0 amide bonds. The van der Waals surface area contributed by atoms with Crippen LogP contribution in [0.3, 0.4) is 0 Å². The second-order valence-electron chi connectivity index (χ2n) is 6.16. The van der Waals surface area contributed by atoms with E-state index in [2.05, 4.69) is 15.3 Å². The van der Waals surface area contributed by atoms with E-state index < -0.39 is 0 Å². The number of nitrogens with one attached hydrogen (secondary N) is 1. The molecular weight excluding hydrogens is 531 g/mol. The molecule has 3 N–H and O–H groups in total. The summed E-state index contributed by atoms with van der Waals surface area (Å²) in [6.07, 6.45) is 1.69. The molecule has 1 aromatic heterocycles. The molecule has 0 saturated carbocycles. The molecule has 3 aromatic rings. The fraction of sp³-hybridized carbons (Fsp3) is 0.182. The van der Waals surface area contributed by atoms with Gasteiger partial charge in [-0.25, -0.2) is 9.98 Å². The van der Waals surface area contributed by atoms with E-state index in [1.807, 2.05) is 37.3 Å². The number of hydrogen-bond acceptors (Lipinski definition) is 5. The summed E-state index contributed by atoms with van der Waals surface area (Å²) in [5.74, 6) is 2.61. The molecule has 0 spiro atoms. The number of nitrogens with two attached hydrogens (primary N) is 1. The van der Waals surface area contributed by atoms with Crippen molar-refractivity contribution in [3.8, 4) is 23.1 Å². The Bertz CT molecular complexity index is 1020. The third-order valence-electron chi connectivity index (χ3n) is 4.02. The number of aliphatic imine (C=N–C) groups is 1. The Morgan fingerprint density at radius 2 is 1.87 bits per heavy atom. The molecule has 0 bridgehead atoms. The molecule has 0 aliphatic rings. The monoisotopic (exact) mass is 554 g/mol. The summed E-state index contributed by atoms with van der Waals surface area (Å²) in [5, 5.41) is 3.48. The summed E-state index contributed by atoms with van der Waals surface area (Å²) in [6.45, 7) is 2.85. The van der Waals surface area contributed by atoms with Gasteiger partial charge in [0.2, 0.25) is 5.88 Å². The molecule has 9 heteroatoms. The molecule has 1 heterocycles. The highest BCUT2D eigenvalue weighted by Gasteiger charge is 2.06. The van der Waals surface area contributed by atoms with Crippen molar-refractivity contribution in [2.75, 3.05) is 19.0 Å². The van der Waals surface area contributed by atoms with E-state index in [0.717, 1.165) is 11.3 Å². The molecule has 0 radical (unpaired) electrons. The molecule has 0 fully saturated rings. The second kappa shape index (κ2) is 12.2. The molecule has 0 atom stereocenters. The maximum atomic E-state index is 6.11. The fourth-order valence-corrected chi connectivity index (χ4v) is 2.85. The maximum absolute atomic E-state index is 6.11. The Hall–Kier alpha value is -2.72. The summed E-state index contributed by atoms with van der Waals surface area (Å²) >= 11 is 6.11. The summed E-state index contributed by atoms with van der Waals surface area (Å²) in [5.41, 5.74) is 7.56. The average molecular weight is 555 g/mol. The van der Waals surface area contributed by atoms with E-state index in [1.54, 1.807) is 37.6 Å². The van der Waals surface area contributed by atoms with Gasteiger partial charge >= 0.3 is 0 Å². The van der Waals surface area contributed by atoms with Crippen LogP contribution in [0.25, 0.3) is 0 Å². The Labute approximate surface area is 203 Å². The van der Waals surface area contributed by atoms with Crippen LogP contribution in [0.4, 0.5) is 5.69 Å². The van der Waals surface area contributed by atoms with Gasteiger partial charge in [-0.05, 0) is 42.8 Å². The number of aromatic nitrogens is 1. The van der Waals surface area contributed by atoms with Crippen molar-refractivity contribution in [1.29, 1.82) is 0 Å². The number of methoxy groups -OCH3 is 1. The van der Waals surface area contributed by atoms with Crippen LogP contribution in [0.2, 0.25) is 5.02 Å². The van der Waals surface area contributed by atoms with Crippen molar-refractivity contribution in [2.45, 2.75) is 13.5 Å². The maximum Gasteiger partial charge on any atom is 0.219 e. The van der Waals surface area contributed by atoms with Gasteiger partial charge in [0.05, 0.1) is 25.3 Å². The summed E-state index contributed by atoms with van der Waals surface area (Å²) < 4.78 is 16.5.